The number of hydrogen-bond donors (Lipinski definition) is 1. The minimum atomic E-state index is -0.854. The van der Waals surface area contributed by atoms with Gasteiger partial charge in [-0.1, -0.05) is 6.92 Å². The van der Waals surface area contributed by atoms with Crippen molar-refractivity contribution in [1.82, 2.24) is 0 Å². The van der Waals surface area contributed by atoms with E-state index in [-0.39, 0.29) is 28.6 Å². The lowest BCUT2D eigenvalue weighted by atomic mass is 9.79. The van der Waals surface area contributed by atoms with E-state index in [0.29, 0.717) is 5.69 Å². The van der Waals surface area contributed by atoms with Crippen LogP contribution in [0, 0.1) is 31.6 Å². The van der Waals surface area contributed by atoms with Crippen LogP contribution in [0.25, 0.3) is 0 Å². The van der Waals surface area contributed by atoms with Gasteiger partial charge in [-0.05, 0) is 50.8 Å². The van der Waals surface area contributed by atoms with E-state index in [1.54, 1.807) is 18.2 Å². The lowest BCUT2D eigenvalue weighted by molar-refractivity contribution is -0.393. The monoisotopic (exact) mass is 479 g/mol. The van der Waals surface area contributed by atoms with Gasteiger partial charge in [0.15, 0.2) is 5.69 Å². The topological polar surface area (TPSA) is 167 Å². The van der Waals surface area contributed by atoms with Crippen molar-refractivity contribution in [2.45, 2.75) is 52.5 Å². The van der Waals surface area contributed by atoms with E-state index in [4.69, 9.17) is 0 Å². The smallest absolute Gasteiger partial charge is 0.304 e. The largest absolute Gasteiger partial charge is 0.366 e. The van der Waals surface area contributed by atoms with Crippen molar-refractivity contribution < 1.29 is 14.6 Å². The van der Waals surface area contributed by atoms with Crippen molar-refractivity contribution in [2.24, 2.45) is 10.2 Å². The summed E-state index contributed by atoms with van der Waals surface area (Å²) in [6, 6.07) is 6.94. The van der Waals surface area contributed by atoms with Gasteiger partial charge in [-0.25, -0.2) is 0 Å². The molecule has 1 unspecified atom stereocenters. The zero-order valence-electron chi connectivity index (χ0n) is 20.0. The zero-order chi connectivity index (χ0) is 26.1. The molecule has 1 N–H and O–H groups in total. The highest BCUT2D eigenvalue weighted by atomic mass is 16.6. The highest BCUT2D eigenvalue weighted by Crippen LogP contribution is 2.47. The van der Waals surface area contributed by atoms with Crippen molar-refractivity contribution in [1.29, 1.82) is 5.26 Å². The Labute approximate surface area is 201 Å². The summed E-state index contributed by atoms with van der Waals surface area (Å²) in [5.74, 6) is -0.182. The molecule has 12 heteroatoms. The number of nitro benzene ring substituents is 2. The molecular formula is C23H25N7O5. The maximum absolute atomic E-state index is 11.9. The highest BCUT2D eigenvalue weighted by molar-refractivity contribution is 5.93. The number of nitriles is 1. The first-order valence-electron chi connectivity index (χ1n) is 10.9. The van der Waals surface area contributed by atoms with E-state index in [1.165, 1.54) is 6.92 Å². The summed E-state index contributed by atoms with van der Waals surface area (Å²) >= 11 is 0. The van der Waals surface area contributed by atoms with Crippen molar-refractivity contribution in [3.63, 3.8) is 0 Å². The first-order valence-corrected chi connectivity index (χ1v) is 10.9. The van der Waals surface area contributed by atoms with E-state index in [2.05, 4.69) is 41.2 Å². The standard InChI is InChI=1S/C23H25N7O5/c1-6-28-20-10-18(25-14(3)31)19(9-17(20)13(2)11-23(28,4)5)26-27-22-15(12-24)7-16(29(32)33)8-21(22)30(34)35/h7-10,13H,6,11H2,1-5H3,(H,25,31). The Kier molecular flexibility index (Phi) is 6.82. The second kappa shape index (κ2) is 9.46. The average molecular weight is 479 g/mol. The summed E-state index contributed by atoms with van der Waals surface area (Å²) in [5, 5.41) is 43.0. The first-order chi connectivity index (χ1) is 16.4. The van der Waals surface area contributed by atoms with Crippen LogP contribution in [-0.2, 0) is 4.79 Å². The lowest BCUT2D eigenvalue weighted by Crippen LogP contribution is -2.48. The Morgan fingerprint density at radius 2 is 1.91 bits per heavy atom. The molecule has 0 bridgehead atoms. The third-order valence-corrected chi connectivity index (χ3v) is 5.99. The van der Waals surface area contributed by atoms with Gasteiger partial charge >= 0.3 is 5.69 Å². The molecule has 12 nitrogen and oxygen atoms in total. The number of nitrogens with zero attached hydrogens (tertiary/aromatic N) is 6. The van der Waals surface area contributed by atoms with Crippen LogP contribution < -0.4 is 10.2 Å². The quantitative estimate of drug-likeness (QED) is 0.307. The predicted octanol–water partition coefficient (Wildman–Crippen LogP) is 5.86. The molecule has 182 valence electrons. The van der Waals surface area contributed by atoms with E-state index in [0.717, 1.165) is 36.3 Å². The fourth-order valence-electron chi connectivity index (χ4n) is 4.63. The molecule has 0 spiro atoms. The van der Waals surface area contributed by atoms with Crippen LogP contribution in [0.15, 0.2) is 34.5 Å². The molecule has 0 saturated carbocycles. The molecule has 0 aromatic heterocycles. The van der Waals surface area contributed by atoms with E-state index in [1.807, 2.05) is 6.92 Å². The van der Waals surface area contributed by atoms with E-state index < -0.39 is 26.9 Å². The predicted molar refractivity (Wildman–Crippen MR) is 130 cm³/mol. The molecule has 2 aromatic carbocycles. The van der Waals surface area contributed by atoms with Gasteiger partial charge in [-0.2, -0.15) is 5.26 Å². The van der Waals surface area contributed by atoms with Gasteiger partial charge in [0, 0.05) is 30.8 Å². The third-order valence-electron chi connectivity index (χ3n) is 5.99. The number of fused-ring (bicyclic) bond motifs is 1. The molecule has 0 fully saturated rings. The van der Waals surface area contributed by atoms with Gasteiger partial charge in [0.2, 0.25) is 5.91 Å². The minimum Gasteiger partial charge on any atom is -0.366 e. The van der Waals surface area contributed by atoms with Crippen molar-refractivity contribution in [3.8, 4) is 6.07 Å². The number of azo groups is 1. The first kappa shape index (κ1) is 25.2. The van der Waals surface area contributed by atoms with Crippen LogP contribution in [0.5, 0.6) is 0 Å². The Morgan fingerprint density at radius 3 is 2.46 bits per heavy atom. The van der Waals surface area contributed by atoms with Gasteiger partial charge < -0.3 is 10.2 Å². The molecule has 35 heavy (non-hydrogen) atoms. The fraction of sp³-hybridized carbons (Fsp3) is 0.391. The SMILES string of the molecule is CCN1c2cc(NC(C)=O)c(N=Nc3c(C#N)cc([N+](=O)[O-])cc3[N+](=O)[O-])cc2C(C)CC1(C)C. The number of carbonyl (C=O) groups is 1. The molecule has 1 aliphatic rings. The summed E-state index contributed by atoms with van der Waals surface area (Å²) in [4.78, 5) is 35.1. The number of rotatable bonds is 6. The second-order valence-corrected chi connectivity index (χ2v) is 8.96. The number of non-ortho nitro benzene ring substituents is 1. The second-order valence-electron chi connectivity index (χ2n) is 8.96. The summed E-state index contributed by atoms with van der Waals surface area (Å²) < 4.78 is 0. The number of nitrogens with one attached hydrogen (secondary N) is 1. The third kappa shape index (κ3) is 4.93. The molecule has 3 rings (SSSR count). The van der Waals surface area contributed by atoms with Crippen LogP contribution in [0.1, 0.15) is 58.1 Å². The summed E-state index contributed by atoms with van der Waals surface area (Å²) in [6.45, 7) is 10.5. The molecule has 1 heterocycles. The summed E-state index contributed by atoms with van der Waals surface area (Å²) in [7, 11) is 0. The van der Waals surface area contributed by atoms with Crippen LogP contribution in [0.2, 0.25) is 0 Å². The number of carbonyl (C=O) groups excluding carboxylic acids is 1. The molecule has 0 saturated heterocycles. The zero-order valence-corrected chi connectivity index (χ0v) is 20.0. The van der Waals surface area contributed by atoms with Crippen LogP contribution in [-0.4, -0.2) is 27.8 Å². The summed E-state index contributed by atoms with van der Waals surface area (Å²) in [6.07, 6.45) is 0.871. The number of amides is 1. The molecular weight excluding hydrogens is 454 g/mol. The van der Waals surface area contributed by atoms with Gasteiger partial charge in [0.25, 0.3) is 5.69 Å². The maximum Gasteiger partial charge on any atom is 0.304 e. The number of nitro groups is 2. The van der Waals surface area contributed by atoms with Crippen LogP contribution >= 0.6 is 0 Å². The van der Waals surface area contributed by atoms with Crippen LogP contribution in [0.4, 0.5) is 34.1 Å². The molecule has 1 amide bonds. The normalized spacial score (nSPS) is 16.5. The van der Waals surface area contributed by atoms with Crippen molar-refractivity contribution in [3.05, 3.63) is 55.6 Å². The Hall–Kier alpha value is -4.40. The number of hydrogen-bond acceptors (Lipinski definition) is 9. The number of benzene rings is 2. The maximum atomic E-state index is 11.9. The average Bonchev–Trinajstić information content (AvgIpc) is 2.76. The Morgan fingerprint density at radius 1 is 1.23 bits per heavy atom. The van der Waals surface area contributed by atoms with Gasteiger partial charge in [-0.15, -0.1) is 10.2 Å². The van der Waals surface area contributed by atoms with Gasteiger partial charge in [0.1, 0.15) is 11.8 Å². The summed E-state index contributed by atoms with van der Waals surface area (Å²) in [5.41, 5.74) is 0.329. The minimum absolute atomic E-state index is 0.112. The van der Waals surface area contributed by atoms with Crippen LogP contribution in [0.3, 0.4) is 0 Å². The van der Waals surface area contributed by atoms with Crippen molar-refractivity contribution in [2.75, 3.05) is 16.8 Å². The van der Waals surface area contributed by atoms with Gasteiger partial charge in [-0.3, -0.25) is 25.0 Å². The molecule has 0 radical (unpaired) electrons. The molecule has 2 aromatic rings. The molecule has 0 aliphatic carbocycles. The van der Waals surface area contributed by atoms with Gasteiger partial charge in [0.05, 0.1) is 27.2 Å². The fourth-order valence-corrected chi connectivity index (χ4v) is 4.63. The Bertz CT molecular complexity index is 1300. The highest BCUT2D eigenvalue weighted by Gasteiger charge is 2.36. The van der Waals surface area contributed by atoms with E-state index in [9.17, 15) is 30.3 Å². The molecule has 1 aliphatic heterocycles. The lowest BCUT2D eigenvalue weighted by Gasteiger charge is -2.47. The molecule has 1 atom stereocenters. The van der Waals surface area contributed by atoms with Crippen molar-refractivity contribution >= 4 is 40.0 Å². The number of anilines is 2. The Balaban J connectivity index is 2.22. The van der Waals surface area contributed by atoms with E-state index >= 15 is 0 Å².